The van der Waals surface area contributed by atoms with Crippen LogP contribution in [0.5, 0.6) is 0 Å². The maximum atomic E-state index is 12.9. The summed E-state index contributed by atoms with van der Waals surface area (Å²) in [5.41, 5.74) is 4.23. The Morgan fingerprint density at radius 3 is 2.60 bits per heavy atom. The molecule has 0 bridgehead atoms. The van der Waals surface area contributed by atoms with E-state index in [1.165, 1.54) is 5.56 Å². The number of amides is 1. The number of carbonyl (C=O) groups is 1. The molecule has 4 rings (SSSR count). The van der Waals surface area contributed by atoms with Gasteiger partial charge in [0.2, 0.25) is 0 Å². The first-order chi connectivity index (χ1) is 12.0. The molecule has 0 radical (unpaired) electrons. The lowest BCUT2D eigenvalue weighted by atomic mass is 10.1. The van der Waals surface area contributed by atoms with Crippen molar-refractivity contribution < 1.29 is 9.90 Å². The van der Waals surface area contributed by atoms with Crippen molar-refractivity contribution in [3.63, 3.8) is 0 Å². The van der Waals surface area contributed by atoms with Crippen molar-refractivity contribution in [2.45, 2.75) is 45.3 Å². The molecule has 25 heavy (non-hydrogen) atoms. The number of hydrogen-bond acceptors (Lipinski definition) is 3. The maximum Gasteiger partial charge on any atom is 0.253 e. The highest BCUT2D eigenvalue weighted by molar-refractivity contribution is 5.99. The Labute approximate surface area is 148 Å². The molecule has 1 aromatic heterocycles. The second kappa shape index (κ2) is 6.46. The topological polar surface area (TPSA) is 59.6 Å². The molecule has 1 amide bonds. The number of benzene rings is 1. The molecular weight excluding hydrogens is 314 g/mol. The molecule has 1 aromatic carbocycles. The first-order valence-corrected chi connectivity index (χ1v) is 9.35. The number of piperazine rings is 1. The largest absolute Gasteiger partial charge is 0.391 e. The third kappa shape index (κ3) is 2.96. The predicted molar refractivity (Wildman–Crippen MR) is 98.9 cm³/mol. The van der Waals surface area contributed by atoms with Crippen molar-refractivity contribution in [1.29, 1.82) is 0 Å². The van der Waals surface area contributed by atoms with E-state index in [1.54, 1.807) is 0 Å². The van der Waals surface area contributed by atoms with Gasteiger partial charge in [0, 0.05) is 54.4 Å². The zero-order valence-electron chi connectivity index (χ0n) is 15.1. The summed E-state index contributed by atoms with van der Waals surface area (Å²) in [4.78, 5) is 20.6. The van der Waals surface area contributed by atoms with Crippen LogP contribution in [0.4, 0.5) is 0 Å². The summed E-state index contributed by atoms with van der Waals surface area (Å²) in [5, 5.41) is 11.2. The minimum atomic E-state index is -0.190. The molecule has 2 N–H and O–H groups in total. The van der Waals surface area contributed by atoms with Gasteiger partial charge in [0.15, 0.2) is 0 Å². The number of carbonyl (C=O) groups excluding carboxylic acids is 1. The summed E-state index contributed by atoms with van der Waals surface area (Å²) < 4.78 is 0. The molecule has 0 unspecified atom stereocenters. The zero-order chi connectivity index (χ0) is 17.6. The van der Waals surface area contributed by atoms with Gasteiger partial charge in [0.25, 0.3) is 5.91 Å². The van der Waals surface area contributed by atoms with E-state index in [2.05, 4.69) is 23.7 Å². The Morgan fingerprint density at radius 1 is 1.16 bits per heavy atom. The third-order valence-electron chi connectivity index (χ3n) is 6.07. The number of aliphatic hydroxyl groups is 1. The second-order valence-corrected chi connectivity index (χ2v) is 7.53. The van der Waals surface area contributed by atoms with Gasteiger partial charge in [-0.25, -0.2) is 0 Å². The van der Waals surface area contributed by atoms with Crippen LogP contribution in [0, 0.1) is 13.8 Å². The molecule has 1 saturated carbocycles. The molecule has 2 atom stereocenters. The Morgan fingerprint density at radius 2 is 1.92 bits per heavy atom. The molecule has 1 aliphatic heterocycles. The summed E-state index contributed by atoms with van der Waals surface area (Å²) in [7, 11) is 0. The Balaban J connectivity index is 1.46. The minimum Gasteiger partial charge on any atom is -0.391 e. The summed E-state index contributed by atoms with van der Waals surface area (Å²) >= 11 is 0. The smallest absolute Gasteiger partial charge is 0.253 e. The summed E-state index contributed by atoms with van der Waals surface area (Å²) in [6, 6.07) is 6.24. The first kappa shape index (κ1) is 16.6. The second-order valence-electron chi connectivity index (χ2n) is 7.53. The molecule has 2 fully saturated rings. The van der Waals surface area contributed by atoms with Gasteiger partial charge >= 0.3 is 0 Å². The molecule has 1 aliphatic carbocycles. The van der Waals surface area contributed by atoms with Crippen molar-refractivity contribution in [2.24, 2.45) is 0 Å². The fraction of sp³-hybridized carbons (Fsp3) is 0.550. The SMILES string of the molecule is Cc1[nH]c2ccc(C(=O)N3CCN([C@H]4CCC[C@@H]4O)CC3)cc2c1C. The number of fused-ring (bicyclic) bond motifs is 1. The minimum absolute atomic E-state index is 0.117. The van der Waals surface area contributed by atoms with E-state index in [-0.39, 0.29) is 12.0 Å². The van der Waals surface area contributed by atoms with E-state index in [9.17, 15) is 9.90 Å². The highest BCUT2D eigenvalue weighted by Gasteiger charge is 2.33. The molecular formula is C20H27N3O2. The van der Waals surface area contributed by atoms with Crippen molar-refractivity contribution in [1.82, 2.24) is 14.8 Å². The maximum absolute atomic E-state index is 12.9. The van der Waals surface area contributed by atoms with Gasteiger partial charge in [-0.3, -0.25) is 9.69 Å². The van der Waals surface area contributed by atoms with Gasteiger partial charge in [-0.1, -0.05) is 0 Å². The molecule has 0 spiro atoms. The number of H-pyrrole nitrogens is 1. The molecule has 2 aromatic rings. The highest BCUT2D eigenvalue weighted by Crippen LogP contribution is 2.26. The zero-order valence-corrected chi connectivity index (χ0v) is 15.1. The quantitative estimate of drug-likeness (QED) is 0.882. The number of aromatic nitrogens is 1. The Hall–Kier alpha value is -1.85. The van der Waals surface area contributed by atoms with E-state index in [0.29, 0.717) is 6.04 Å². The molecule has 5 nitrogen and oxygen atoms in total. The van der Waals surface area contributed by atoms with E-state index in [1.807, 2.05) is 23.1 Å². The third-order valence-corrected chi connectivity index (χ3v) is 6.07. The van der Waals surface area contributed by atoms with Gasteiger partial charge in [0.1, 0.15) is 0 Å². The van der Waals surface area contributed by atoms with E-state index < -0.39 is 0 Å². The van der Waals surface area contributed by atoms with Gasteiger partial charge < -0.3 is 15.0 Å². The fourth-order valence-electron chi connectivity index (χ4n) is 4.38. The van der Waals surface area contributed by atoms with E-state index >= 15 is 0 Å². The van der Waals surface area contributed by atoms with Crippen LogP contribution < -0.4 is 0 Å². The molecule has 1 saturated heterocycles. The van der Waals surface area contributed by atoms with Crippen LogP contribution in [-0.2, 0) is 0 Å². The average molecular weight is 341 g/mol. The van der Waals surface area contributed by atoms with Crippen molar-refractivity contribution in [3.05, 3.63) is 35.0 Å². The average Bonchev–Trinajstić information content (AvgIpc) is 3.18. The van der Waals surface area contributed by atoms with Crippen LogP contribution >= 0.6 is 0 Å². The summed E-state index contributed by atoms with van der Waals surface area (Å²) in [6.45, 7) is 7.36. The van der Waals surface area contributed by atoms with Crippen LogP contribution in [-0.4, -0.2) is 64.1 Å². The first-order valence-electron chi connectivity index (χ1n) is 9.35. The number of aliphatic hydroxyl groups excluding tert-OH is 1. The van der Waals surface area contributed by atoms with Crippen LogP contribution in [0.2, 0.25) is 0 Å². The van der Waals surface area contributed by atoms with E-state index in [0.717, 1.165) is 67.6 Å². The van der Waals surface area contributed by atoms with Crippen LogP contribution in [0.25, 0.3) is 10.9 Å². The van der Waals surface area contributed by atoms with Gasteiger partial charge in [-0.15, -0.1) is 0 Å². The lowest BCUT2D eigenvalue weighted by Gasteiger charge is -2.39. The molecule has 2 aliphatic rings. The van der Waals surface area contributed by atoms with Gasteiger partial charge in [-0.05, 0) is 56.9 Å². The number of aryl methyl sites for hydroxylation is 2. The molecule has 2 heterocycles. The number of nitrogens with zero attached hydrogens (tertiary/aromatic N) is 2. The van der Waals surface area contributed by atoms with Crippen molar-refractivity contribution in [2.75, 3.05) is 26.2 Å². The fourth-order valence-corrected chi connectivity index (χ4v) is 4.38. The molecule has 134 valence electrons. The lowest BCUT2D eigenvalue weighted by Crippen LogP contribution is -2.53. The van der Waals surface area contributed by atoms with Crippen molar-refractivity contribution in [3.8, 4) is 0 Å². The summed E-state index contributed by atoms with van der Waals surface area (Å²) in [5.74, 6) is 0.117. The van der Waals surface area contributed by atoms with Crippen molar-refractivity contribution >= 4 is 16.8 Å². The Kier molecular flexibility index (Phi) is 4.29. The van der Waals surface area contributed by atoms with Gasteiger partial charge in [-0.2, -0.15) is 0 Å². The van der Waals surface area contributed by atoms with Crippen LogP contribution in [0.15, 0.2) is 18.2 Å². The number of aromatic amines is 1. The normalized spacial score (nSPS) is 25.0. The monoisotopic (exact) mass is 341 g/mol. The van der Waals surface area contributed by atoms with Gasteiger partial charge in [0.05, 0.1) is 6.10 Å². The van der Waals surface area contributed by atoms with Crippen LogP contribution in [0.1, 0.15) is 40.9 Å². The highest BCUT2D eigenvalue weighted by atomic mass is 16.3. The number of hydrogen-bond donors (Lipinski definition) is 2. The number of nitrogens with one attached hydrogen (secondary N) is 1. The standard InChI is InChI=1S/C20H27N3O2/c1-13-14(2)21-17-7-6-15(12-16(13)17)20(25)23-10-8-22(9-11-23)18-4-3-5-19(18)24/h6-7,12,18-19,21,24H,3-5,8-11H2,1-2H3/t18-,19-/m0/s1. The molecule has 5 heteroatoms. The van der Waals surface area contributed by atoms with E-state index in [4.69, 9.17) is 0 Å². The predicted octanol–water partition coefficient (Wildman–Crippen LogP) is 2.46. The lowest BCUT2D eigenvalue weighted by molar-refractivity contribution is 0.0315. The summed E-state index contributed by atoms with van der Waals surface area (Å²) in [6.07, 6.45) is 2.92. The Bertz CT molecular complexity index is 790. The number of rotatable bonds is 2. The van der Waals surface area contributed by atoms with Crippen LogP contribution in [0.3, 0.4) is 0 Å².